The highest BCUT2D eigenvalue weighted by molar-refractivity contribution is 8.14. The number of ether oxygens (including phenoxy) is 1. The largest absolute Gasteiger partial charge is 0.478 e. The van der Waals surface area contributed by atoms with Crippen molar-refractivity contribution in [3.8, 4) is 0 Å². The Morgan fingerprint density at radius 3 is 2.47 bits per heavy atom. The smallest absolute Gasteiger partial charge is 0.196 e. The lowest BCUT2D eigenvalue weighted by Gasteiger charge is -2.23. The van der Waals surface area contributed by atoms with Crippen molar-refractivity contribution in [2.45, 2.75) is 52.6 Å². The number of nitrogens with zero attached hydrogens (tertiary/aromatic N) is 2. The molecule has 2 heterocycles. The van der Waals surface area contributed by atoms with Gasteiger partial charge in [0.25, 0.3) is 0 Å². The molecule has 2 rings (SSSR count). The molecular formula is C13H22N2OS. The van der Waals surface area contributed by atoms with Gasteiger partial charge in [-0.05, 0) is 26.7 Å². The lowest BCUT2D eigenvalue weighted by molar-refractivity contribution is 0.292. The van der Waals surface area contributed by atoms with E-state index in [-0.39, 0.29) is 5.41 Å². The lowest BCUT2D eigenvalue weighted by atomic mass is 9.94. The first-order valence-electron chi connectivity index (χ1n) is 6.50. The number of aliphatic imine (C=N–C) groups is 2. The second-order valence-electron chi connectivity index (χ2n) is 5.24. The minimum Gasteiger partial charge on any atom is -0.478 e. The lowest BCUT2D eigenvalue weighted by Crippen LogP contribution is -2.31. The third-order valence-electron chi connectivity index (χ3n) is 3.44. The van der Waals surface area contributed by atoms with E-state index in [9.17, 15) is 0 Å². The average Bonchev–Trinajstić information content (AvgIpc) is 2.98. The Bertz CT molecular complexity index is 317. The molecule has 2 aliphatic rings. The number of thioether (sulfide) groups is 1. The van der Waals surface area contributed by atoms with Crippen LogP contribution in [0.1, 0.15) is 40.5 Å². The van der Waals surface area contributed by atoms with E-state index >= 15 is 0 Å². The maximum Gasteiger partial charge on any atom is 0.196 e. The van der Waals surface area contributed by atoms with Gasteiger partial charge in [0, 0.05) is 5.75 Å². The monoisotopic (exact) mass is 254 g/mol. The Balaban J connectivity index is 2.14. The van der Waals surface area contributed by atoms with Crippen LogP contribution in [0.2, 0.25) is 0 Å². The van der Waals surface area contributed by atoms with Crippen LogP contribution in [0.5, 0.6) is 0 Å². The molecule has 4 heteroatoms. The highest BCUT2D eigenvalue weighted by atomic mass is 32.2. The Kier molecular flexibility index (Phi) is 3.81. The Labute approximate surface area is 108 Å². The van der Waals surface area contributed by atoms with Gasteiger partial charge in [-0.1, -0.05) is 13.8 Å². The van der Waals surface area contributed by atoms with Crippen LogP contribution >= 0.6 is 11.8 Å². The summed E-state index contributed by atoms with van der Waals surface area (Å²) in [5.41, 5.74) is -0.140. The molecule has 0 saturated carbocycles. The third-order valence-corrected chi connectivity index (χ3v) is 4.88. The standard InChI is InChI=1S/C13H22N2OS/c1-5-9-7-16-11(14-9)13(3,4)12-15-10(6-2)8-17-12/h9-10H,5-8H2,1-4H3/t9-,10-/m1/s1. The summed E-state index contributed by atoms with van der Waals surface area (Å²) >= 11 is 1.87. The van der Waals surface area contributed by atoms with E-state index < -0.39 is 0 Å². The summed E-state index contributed by atoms with van der Waals surface area (Å²) in [4.78, 5) is 9.47. The van der Waals surface area contributed by atoms with E-state index in [4.69, 9.17) is 9.73 Å². The van der Waals surface area contributed by atoms with Crippen LogP contribution in [-0.2, 0) is 4.74 Å². The molecule has 0 spiro atoms. The summed E-state index contributed by atoms with van der Waals surface area (Å²) in [6.45, 7) is 9.44. The highest BCUT2D eigenvalue weighted by Crippen LogP contribution is 2.35. The van der Waals surface area contributed by atoms with Gasteiger partial charge in [-0.25, -0.2) is 4.99 Å². The van der Waals surface area contributed by atoms with Gasteiger partial charge >= 0.3 is 0 Å². The predicted octanol–water partition coefficient (Wildman–Crippen LogP) is 3.14. The molecule has 3 nitrogen and oxygen atoms in total. The fourth-order valence-electron chi connectivity index (χ4n) is 2.02. The van der Waals surface area contributed by atoms with Crippen LogP contribution in [0.25, 0.3) is 0 Å². The van der Waals surface area contributed by atoms with Crippen molar-refractivity contribution in [2.75, 3.05) is 12.4 Å². The van der Waals surface area contributed by atoms with E-state index in [0.29, 0.717) is 12.1 Å². The molecule has 0 saturated heterocycles. The normalized spacial score (nSPS) is 28.9. The van der Waals surface area contributed by atoms with Crippen molar-refractivity contribution in [2.24, 2.45) is 15.4 Å². The second kappa shape index (κ2) is 5.01. The molecule has 0 amide bonds. The van der Waals surface area contributed by atoms with Gasteiger partial charge in [0.2, 0.25) is 0 Å². The van der Waals surface area contributed by atoms with Crippen molar-refractivity contribution >= 4 is 22.7 Å². The van der Waals surface area contributed by atoms with Crippen LogP contribution in [0, 0.1) is 5.41 Å². The van der Waals surface area contributed by atoms with Crippen LogP contribution in [0.4, 0.5) is 0 Å². The summed E-state index contributed by atoms with van der Waals surface area (Å²) < 4.78 is 5.76. The van der Waals surface area contributed by atoms with Crippen molar-refractivity contribution in [3.63, 3.8) is 0 Å². The van der Waals surface area contributed by atoms with Crippen LogP contribution in [0.3, 0.4) is 0 Å². The Morgan fingerprint density at radius 1 is 1.24 bits per heavy atom. The fraction of sp³-hybridized carbons (Fsp3) is 0.846. The molecule has 0 radical (unpaired) electrons. The van der Waals surface area contributed by atoms with Gasteiger partial charge < -0.3 is 4.74 Å². The van der Waals surface area contributed by atoms with Crippen molar-refractivity contribution in [1.29, 1.82) is 0 Å². The van der Waals surface area contributed by atoms with E-state index in [1.54, 1.807) is 0 Å². The molecule has 0 bridgehead atoms. The summed E-state index contributed by atoms with van der Waals surface area (Å²) in [7, 11) is 0. The number of rotatable bonds is 4. The van der Waals surface area contributed by atoms with Crippen LogP contribution < -0.4 is 0 Å². The molecule has 2 aliphatic heterocycles. The summed E-state index contributed by atoms with van der Waals surface area (Å²) in [5, 5.41) is 1.19. The van der Waals surface area contributed by atoms with Gasteiger partial charge in [0.1, 0.15) is 6.61 Å². The molecule has 0 aromatic heterocycles. The topological polar surface area (TPSA) is 34.0 Å². The Hall–Kier alpha value is -0.510. The second-order valence-corrected chi connectivity index (χ2v) is 6.25. The quantitative estimate of drug-likeness (QED) is 0.772. The minimum atomic E-state index is -0.140. The molecule has 0 aromatic carbocycles. The van der Waals surface area contributed by atoms with Crippen molar-refractivity contribution < 1.29 is 4.74 Å². The summed E-state index contributed by atoms with van der Waals surface area (Å²) in [5.74, 6) is 1.99. The molecule has 0 aromatic rings. The van der Waals surface area contributed by atoms with E-state index in [1.165, 1.54) is 5.04 Å². The third kappa shape index (κ3) is 2.51. The molecule has 96 valence electrons. The molecule has 17 heavy (non-hydrogen) atoms. The van der Waals surface area contributed by atoms with E-state index in [0.717, 1.165) is 31.1 Å². The molecular weight excluding hydrogens is 232 g/mol. The number of hydrogen-bond acceptors (Lipinski definition) is 4. The van der Waals surface area contributed by atoms with Gasteiger partial charge in [0.05, 0.1) is 22.5 Å². The maximum atomic E-state index is 5.76. The van der Waals surface area contributed by atoms with Crippen molar-refractivity contribution in [3.05, 3.63) is 0 Å². The zero-order valence-corrected chi connectivity index (χ0v) is 12.0. The molecule has 0 N–H and O–H groups in total. The first-order valence-corrected chi connectivity index (χ1v) is 7.48. The first kappa shape index (κ1) is 12.9. The van der Waals surface area contributed by atoms with E-state index in [1.807, 2.05) is 11.8 Å². The first-order chi connectivity index (χ1) is 8.07. The maximum absolute atomic E-state index is 5.76. The van der Waals surface area contributed by atoms with Gasteiger partial charge in [-0.2, -0.15) is 0 Å². The zero-order chi connectivity index (χ0) is 12.5. The SMILES string of the molecule is CC[C@@H]1COC(C(C)(C)C2=N[C@H](CC)CS2)=N1. The van der Waals surface area contributed by atoms with Crippen LogP contribution in [-0.4, -0.2) is 35.4 Å². The Morgan fingerprint density at radius 2 is 1.94 bits per heavy atom. The summed E-state index contributed by atoms with van der Waals surface area (Å²) in [6, 6.07) is 0.830. The molecule has 2 atom stereocenters. The number of hydrogen-bond donors (Lipinski definition) is 0. The highest BCUT2D eigenvalue weighted by Gasteiger charge is 2.39. The fourth-order valence-corrected chi connectivity index (χ4v) is 3.36. The molecule has 0 fully saturated rings. The van der Waals surface area contributed by atoms with Crippen molar-refractivity contribution in [1.82, 2.24) is 0 Å². The van der Waals surface area contributed by atoms with Gasteiger partial charge in [-0.15, -0.1) is 11.8 Å². The predicted molar refractivity (Wildman–Crippen MR) is 75.2 cm³/mol. The van der Waals surface area contributed by atoms with Gasteiger partial charge in [0.15, 0.2) is 5.90 Å². The average molecular weight is 254 g/mol. The zero-order valence-electron chi connectivity index (χ0n) is 11.2. The van der Waals surface area contributed by atoms with Crippen LogP contribution in [0.15, 0.2) is 9.98 Å². The molecule has 0 unspecified atom stereocenters. The minimum absolute atomic E-state index is 0.140. The summed E-state index contributed by atoms with van der Waals surface area (Å²) in [6.07, 6.45) is 2.17. The van der Waals surface area contributed by atoms with E-state index in [2.05, 4.69) is 32.7 Å². The van der Waals surface area contributed by atoms with Gasteiger partial charge in [-0.3, -0.25) is 4.99 Å². The molecule has 0 aliphatic carbocycles.